The Morgan fingerprint density at radius 1 is 1.47 bits per heavy atom. The van der Waals surface area contributed by atoms with Crippen LogP contribution in [0.5, 0.6) is 0 Å². The van der Waals surface area contributed by atoms with Gasteiger partial charge in [-0.25, -0.2) is 5.84 Å². The van der Waals surface area contributed by atoms with Crippen LogP contribution < -0.4 is 11.3 Å². The van der Waals surface area contributed by atoms with E-state index in [4.69, 9.17) is 10.6 Å². The topological polar surface area (TPSA) is 64.3 Å². The highest BCUT2D eigenvalue weighted by molar-refractivity contribution is 8.00. The van der Waals surface area contributed by atoms with Crippen molar-refractivity contribution < 1.29 is 9.53 Å². The van der Waals surface area contributed by atoms with Crippen LogP contribution in [0.2, 0.25) is 0 Å². The molecule has 0 bridgehead atoms. The Morgan fingerprint density at radius 2 is 2.18 bits per heavy atom. The number of hydrogen-bond acceptors (Lipinski definition) is 4. The summed E-state index contributed by atoms with van der Waals surface area (Å²) in [6, 6.07) is 9.72. The molecule has 1 aromatic rings. The van der Waals surface area contributed by atoms with Gasteiger partial charge in [-0.2, -0.15) is 11.8 Å². The molecule has 0 radical (unpaired) electrons. The van der Waals surface area contributed by atoms with Crippen LogP contribution >= 0.6 is 11.8 Å². The van der Waals surface area contributed by atoms with E-state index in [1.807, 2.05) is 30.3 Å². The molecule has 1 saturated heterocycles. The predicted molar refractivity (Wildman–Crippen MR) is 68.6 cm³/mol. The zero-order valence-corrected chi connectivity index (χ0v) is 10.3. The van der Waals surface area contributed by atoms with Crippen molar-refractivity contribution in [2.75, 3.05) is 19.0 Å². The minimum atomic E-state index is -0.188. The number of benzene rings is 1. The minimum absolute atomic E-state index is 0.135. The van der Waals surface area contributed by atoms with Gasteiger partial charge in [0, 0.05) is 5.75 Å². The SMILES string of the molecule is NNC(=O)C(CSC1COC1)c1ccccc1. The third-order valence-electron chi connectivity index (χ3n) is 2.77. The molecule has 1 aromatic carbocycles. The molecule has 92 valence electrons. The fraction of sp³-hybridized carbons (Fsp3) is 0.417. The molecule has 1 atom stereocenters. The maximum atomic E-state index is 11.8. The second kappa shape index (κ2) is 6.05. The van der Waals surface area contributed by atoms with E-state index in [-0.39, 0.29) is 11.8 Å². The van der Waals surface area contributed by atoms with Crippen molar-refractivity contribution in [2.45, 2.75) is 11.2 Å². The molecule has 2 rings (SSSR count). The van der Waals surface area contributed by atoms with Crippen molar-refractivity contribution in [1.82, 2.24) is 5.43 Å². The Balaban J connectivity index is 1.99. The van der Waals surface area contributed by atoms with Gasteiger partial charge in [-0.05, 0) is 5.56 Å². The number of amides is 1. The van der Waals surface area contributed by atoms with Crippen LogP contribution in [0, 0.1) is 0 Å². The van der Waals surface area contributed by atoms with E-state index in [1.54, 1.807) is 11.8 Å². The molecular formula is C12H16N2O2S. The first-order valence-corrected chi connectivity index (χ1v) is 6.61. The molecular weight excluding hydrogens is 236 g/mol. The monoisotopic (exact) mass is 252 g/mol. The Labute approximate surface area is 105 Å². The minimum Gasteiger partial charge on any atom is -0.379 e. The van der Waals surface area contributed by atoms with Gasteiger partial charge in [-0.15, -0.1) is 0 Å². The van der Waals surface area contributed by atoms with E-state index < -0.39 is 0 Å². The smallest absolute Gasteiger partial charge is 0.242 e. The van der Waals surface area contributed by atoms with Crippen molar-refractivity contribution in [1.29, 1.82) is 0 Å². The number of ether oxygens (including phenoxy) is 1. The lowest BCUT2D eigenvalue weighted by molar-refractivity contribution is -0.122. The molecule has 0 spiro atoms. The first kappa shape index (κ1) is 12.4. The molecule has 3 N–H and O–H groups in total. The highest BCUT2D eigenvalue weighted by Gasteiger charge is 2.24. The van der Waals surface area contributed by atoms with Crippen molar-refractivity contribution in [2.24, 2.45) is 5.84 Å². The molecule has 4 nitrogen and oxygen atoms in total. The van der Waals surface area contributed by atoms with E-state index >= 15 is 0 Å². The molecule has 0 aromatic heterocycles. The average Bonchev–Trinajstić information content (AvgIpc) is 2.32. The van der Waals surface area contributed by atoms with E-state index in [1.165, 1.54) is 0 Å². The van der Waals surface area contributed by atoms with Crippen molar-refractivity contribution >= 4 is 17.7 Å². The Morgan fingerprint density at radius 3 is 2.71 bits per heavy atom. The lowest BCUT2D eigenvalue weighted by Gasteiger charge is -2.27. The number of thioether (sulfide) groups is 1. The molecule has 1 unspecified atom stereocenters. The maximum Gasteiger partial charge on any atom is 0.242 e. The summed E-state index contributed by atoms with van der Waals surface area (Å²) in [6.07, 6.45) is 0. The predicted octanol–water partition coefficient (Wildman–Crippen LogP) is 0.892. The third-order valence-corrected chi connectivity index (χ3v) is 4.04. The van der Waals surface area contributed by atoms with E-state index in [2.05, 4.69) is 5.43 Å². The van der Waals surface area contributed by atoms with Crippen LogP contribution in [0.1, 0.15) is 11.5 Å². The number of carbonyl (C=O) groups excluding carboxylic acids is 1. The molecule has 17 heavy (non-hydrogen) atoms. The van der Waals surface area contributed by atoms with E-state index in [0.717, 1.165) is 24.5 Å². The quantitative estimate of drug-likeness (QED) is 0.464. The second-order valence-electron chi connectivity index (χ2n) is 3.96. The van der Waals surface area contributed by atoms with Gasteiger partial charge in [0.05, 0.1) is 24.4 Å². The Bertz CT molecular complexity index is 368. The summed E-state index contributed by atoms with van der Waals surface area (Å²) in [4.78, 5) is 11.8. The standard InChI is InChI=1S/C12H16N2O2S/c13-14-12(15)11(8-17-10-6-16-7-10)9-4-2-1-3-5-9/h1-5,10-11H,6-8,13H2,(H,14,15). The van der Waals surface area contributed by atoms with Gasteiger partial charge in [0.2, 0.25) is 5.91 Å². The molecule has 1 aliphatic heterocycles. The summed E-state index contributed by atoms with van der Waals surface area (Å²) in [5, 5.41) is 0.520. The number of nitrogens with two attached hydrogens (primary N) is 1. The van der Waals surface area contributed by atoms with Gasteiger partial charge < -0.3 is 4.74 Å². The van der Waals surface area contributed by atoms with Crippen molar-refractivity contribution in [3.63, 3.8) is 0 Å². The van der Waals surface area contributed by atoms with Gasteiger partial charge in [-0.3, -0.25) is 10.2 Å². The Hall–Kier alpha value is -1.04. The van der Waals surface area contributed by atoms with Crippen LogP contribution in [0.3, 0.4) is 0 Å². The Kier molecular flexibility index (Phi) is 4.42. The first-order chi connectivity index (χ1) is 8.31. The summed E-state index contributed by atoms with van der Waals surface area (Å²) in [5.41, 5.74) is 3.24. The van der Waals surface area contributed by atoms with Gasteiger partial charge in [0.15, 0.2) is 0 Å². The lowest BCUT2D eigenvalue weighted by Crippen LogP contribution is -2.37. The number of hydrogen-bond donors (Lipinski definition) is 2. The van der Waals surface area contributed by atoms with Crippen LogP contribution in [-0.2, 0) is 9.53 Å². The van der Waals surface area contributed by atoms with Crippen LogP contribution in [0.25, 0.3) is 0 Å². The number of hydrazine groups is 1. The number of rotatable bonds is 5. The first-order valence-electron chi connectivity index (χ1n) is 5.56. The second-order valence-corrected chi connectivity index (χ2v) is 5.30. The maximum absolute atomic E-state index is 11.8. The zero-order valence-electron chi connectivity index (χ0n) is 9.46. The van der Waals surface area contributed by atoms with Gasteiger partial charge in [-0.1, -0.05) is 30.3 Å². The van der Waals surface area contributed by atoms with Crippen molar-refractivity contribution in [3.05, 3.63) is 35.9 Å². The molecule has 0 saturated carbocycles. The molecule has 1 amide bonds. The van der Waals surface area contributed by atoms with Crippen LogP contribution in [0.15, 0.2) is 30.3 Å². The summed E-state index contributed by atoms with van der Waals surface area (Å²) in [5.74, 6) is 5.64. The van der Waals surface area contributed by atoms with E-state index in [9.17, 15) is 4.79 Å². The average molecular weight is 252 g/mol. The molecule has 0 aliphatic carbocycles. The largest absolute Gasteiger partial charge is 0.379 e. The zero-order chi connectivity index (χ0) is 12.1. The highest BCUT2D eigenvalue weighted by Crippen LogP contribution is 2.26. The number of carbonyl (C=O) groups is 1. The summed E-state index contributed by atoms with van der Waals surface area (Å²) in [7, 11) is 0. The highest BCUT2D eigenvalue weighted by atomic mass is 32.2. The fourth-order valence-electron chi connectivity index (χ4n) is 1.65. The summed E-state index contributed by atoms with van der Waals surface area (Å²) in [6.45, 7) is 1.58. The van der Waals surface area contributed by atoms with Gasteiger partial charge >= 0.3 is 0 Å². The normalized spacial score (nSPS) is 17.2. The number of nitrogens with one attached hydrogen (secondary N) is 1. The molecule has 1 fully saturated rings. The fourth-order valence-corrected chi connectivity index (χ4v) is 2.85. The van der Waals surface area contributed by atoms with Gasteiger partial charge in [0.25, 0.3) is 0 Å². The van der Waals surface area contributed by atoms with Crippen LogP contribution in [-0.4, -0.2) is 30.1 Å². The molecule has 1 heterocycles. The summed E-state index contributed by atoms with van der Waals surface area (Å²) >= 11 is 1.77. The molecule has 5 heteroatoms. The lowest BCUT2D eigenvalue weighted by atomic mass is 10.0. The molecule has 1 aliphatic rings. The third kappa shape index (κ3) is 3.21. The summed E-state index contributed by atoms with van der Waals surface area (Å²) < 4.78 is 5.11. The van der Waals surface area contributed by atoms with Crippen LogP contribution in [0.4, 0.5) is 0 Å². The van der Waals surface area contributed by atoms with E-state index in [0.29, 0.717) is 5.25 Å². The van der Waals surface area contributed by atoms with Crippen molar-refractivity contribution in [3.8, 4) is 0 Å². The van der Waals surface area contributed by atoms with Gasteiger partial charge in [0.1, 0.15) is 0 Å².